The normalized spacial score (nSPS) is 11.4. The van der Waals surface area contributed by atoms with E-state index in [0.717, 1.165) is 22.3 Å². The van der Waals surface area contributed by atoms with Gasteiger partial charge in [-0.15, -0.1) is 0 Å². The van der Waals surface area contributed by atoms with E-state index in [0.29, 0.717) is 30.9 Å². The molecule has 4 rings (SSSR count). The zero-order chi connectivity index (χ0) is 29.0. The van der Waals surface area contributed by atoms with Crippen LogP contribution in [0.1, 0.15) is 22.3 Å². The highest BCUT2D eigenvalue weighted by Crippen LogP contribution is 2.28. The van der Waals surface area contributed by atoms with Gasteiger partial charge in [-0.3, -0.25) is 9.59 Å². The lowest BCUT2D eigenvalue weighted by Crippen LogP contribution is -2.51. The number of nitrogens with one attached hydrogen (secondary N) is 1. The molecule has 0 radical (unpaired) electrons. The van der Waals surface area contributed by atoms with Crippen LogP contribution in [0.4, 0.5) is 4.39 Å². The number of nitrogens with zero attached hydrogens (tertiary/aromatic N) is 1. The zero-order valence-electron chi connectivity index (χ0n) is 23.4. The van der Waals surface area contributed by atoms with Crippen LogP contribution < -0.4 is 14.8 Å². The van der Waals surface area contributed by atoms with Crippen LogP contribution >= 0.6 is 0 Å². The molecule has 7 heteroatoms. The van der Waals surface area contributed by atoms with E-state index in [4.69, 9.17) is 9.47 Å². The van der Waals surface area contributed by atoms with E-state index < -0.39 is 6.04 Å². The number of benzene rings is 4. The first-order chi connectivity index (χ1) is 20.0. The van der Waals surface area contributed by atoms with E-state index in [-0.39, 0.29) is 30.6 Å². The lowest BCUT2D eigenvalue weighted by molar-refractivity contribution is -0.140. The Kier molecular flexibility index (Phi) is 10.5. The van der Waals surface area contributed by atoms with Crippen molar-refractivity contribution in [3.8, 4) is 11.5 Å². The maximum Gasteiger partial charge on any atom is 0.243 e. The number of hydrogen-bond donors (Lipinski definition) is 1. The van der Waals surface area contributed by atoms with E-state index in [9.17, 15) is 14.0 Å². The van der Waals surface area contributed by atoms with Crippen molar-refractivity contribution in [2.24, 2.45) is 0 Å². The second-order valence-electron chi connectivity index (χ2n) is 9.75. The zero-order valence-corrected chi connectivity index (χ0v) is 23.4. The molecular weight excluding hydrogens is 519 g/mol. The molecule has 2 amide bonds. The Morgan fingerprint density at radius 1 is 0.756 bits per heavy atom. The summed E-state index contributed by atoms with van der Waals surface area (Å²) in [6, 6.07) is 30.1. The third-order valence-electron chi connectivity index (χ3n) is 6.90. The average molecular weight is 555 g/mol. The quantitative estimate of drug-likeness (QED) is 0.241. The van der Waals surface area contributed by atoms with Crippen molar-refractivity contribution in [2.75, 3.05) is 20.8 Å². The van der Waals surface area contributed by atoms with Gasteiger partial charge < -0.3 is 19.7 Å². The first kappa shape index (κ1) is 29.3. The summed E-state index contributed by atoms with van der Waals surface area (Å²) in [5.41, 5.74) is 3.49. The minimum Gasteiger partial charge on any atom is -0.493 e. The van der Waals surface area contributed by atoms with Crippen molar-refractivity contribution < 1.29 is 23.5 Å². The van der Waals surface area contributed by atoms with Gasteiger partial charge in [-0.1, -0.05) is 78.9 Å². The Balaban J connectivity index is 1.62. The second kappa shape index (κ2) is 14.7. The predicted molar refractivity (Wildman–Crippen MR) is 157 cm³/mol. The Bertz CT molecular complexity index is 1410. The van der Waals surface area contributed by atoms with E-state index in [1.807, 2.05) is 66.7 Å². The predicted octanol–water partition coefficient (Wildman–Crippen LogP) is 5.38. The summed E-state index contributed by atoms with van der Waals surface area (Å²) < 4.78 is 24.4. The van der Waals surface area contributed by atoms with Gasteiger partial charge in [-0.25, -0.2) is 4.39 Å². The molecule has 212 valence electrons. The molecule has 0 saturated carbocycles. The third kappa shape index (κ3) is 8.42. The van der Waals surface area contributed by atoms with E-state index in [1.54, 1.807) is 43.4 Å². The fourth-order valence-corrected chi connectivity index (χ4v) is 4.70. The largest absolute Gasteiger partial charge is 0.493 e. The standard InChI is InChI=1S/C34H35FN2O4/c1-40-31-18-15-28(22-32(31)41-2)23-33(38)37(24-27-13-16-29(35)17-14-27)30(21-26-11-7-4-8-12-26)34(39)36-20-19-25-9-5-3-6-10-25/h3-18,22,30H,19-21,23-24H2,1-2H3,(H,36,39)/t30-/m0/s1. The highest BCUT2D eigenvalue weighted by molar-refractivity contribution is 5.89. The van der Waals surface area contributed by atoms with E-state index in [2.05, 4.69) is 5.32 Å². The lowest BCUT2D eigenvalue weighted by atomic mass is 10.0. The molecule has 0 saturated heterocycles. The van der Waals surface area contributed by atoms with Crippen LogP contribution in [0.25, 0.3) is 0 Å². The van der Waals surface area contributed by atoms with Crippen molar-refractivity contribution in [3.05, 3.63) is 131 Å². The summed E-state index contributed by atoms with van der Waals surface area (Å²) in [5, 5.41) is 3.05. The molecule has 0 spiro atoms. The van der Waals surface area contributed by atoms with Gasteiger partial charge >= 0.3 is 0 Å². The maximum atomic E-state index is 14.0. The molecule has 6 nitrogen and oxygen atoms in total. The van der Waals surface area contributed by atoms with Gasteiger partial charge in [0.2, 0.25) is 11.8 Å². The van der Waals surface area contributed by atoms with Gasteiger partial charge in [-0.2, -0.15) is 0 Å². The molecule has 0 heterocycles. The molecule has 0 aliphatic rings. The minimum absolute atomic E-state index is 0.0458. The first-order valence-electron chi connectivity index (χ1n) is 13.6. The van der Waals surface area contributed by atoms with Crippen molar-refractivity contribution in [2.45, 2.75) is 31.8 Å². The van der Waals surface area contributed by atoms with Gasteiger partial charge in [0, 0.05) is 19.5 Å². The third-order valence-corrected chi connectivity index (χ3v) is 6.90. The van der Waals surface area contributed by atoms with Gasteiger partial charge in [0.15, 0.2) is 11.5 Å². The van der Waals surface area contributed by atoms with Gasteiger partial charge in [0.25, 0.3) is 0 Å². The number of carbonyl (C=O) groups excluding carboxylic acids is 2. The summed E-state index contributed by atoms with van der Waals surface area (Å²) in [5.74, 6) is 0.235. The van der Waals surface area contributed by atoms with Crippen LogP contribution in [0.2, 0.25) is 0 Å². The molecule has 0 aliphatic carbocycles. The molecular formula is C34H35FN2O4. The van der Waals surface area contributed by atoms with Gasteiger partial charge in [0.05, 0.1) is 20.6 Å². The molecule has 0 aromatic heterocycles. The maximum absolute atomic E-state index is 14.0. The molecule has 1 N–H and O–H groups in total. The Morgan fingerprint density at radius 3 is 2.00 bits per heavy atom. The van der Waals surface area contributed by atoms with E-state index >= 15 is 0 Å². The highest BCUT2D eigenvalue weighted by atomic mass is 19.1. The van der Waals surface area contributed by atoms with Crippen LogP contribution in [0.3, 0.4) is 0 Å². The number of hydrogen-bond acceptors (Lipinski definition) is 4. The molecule has 0 aliphatic heterocycles. The fourth-order valence-electron chi connectivity index (χ4n) is 4.70. The van der Waals surface area contributed by atoms with Gasteiger partial charge in [-0.05, 0) is 52.9 Å². The number of rotatable bonds is 13. The second-order valence-corrected chi connectivity index (χ2v) is 9.75. The summed E-state index contributed by atoms with van der Waals surface area (Å²) in [6.45, 7) is 0.582. The molecule has 1 atom stereocenters. The number of methoxy groups -OCH3 is 2. The Labute approximate surface area is 240 Å². The van der Waals surface area contributed by atoms with Crippen molar-refractivity contribution >= 4 is 11.8 Å². The number of amides is 2. The van der Waals surface area contributed by atoms with Crippen molar-refractivity contribution in [3.63, 3.8) is 0 Å². The van der Waals surface area contributed by atoms with Crippen molar-refractivity contribution in [1.82, 2.24) is 10.2 Å². The Hall–Kier alpha value is -4.65. The molecule has 0 fully saturated rings. The number of carbonyl (C=O) groups is 2. The monoisotopic (exact) mass is 554 g/mol. The smallest absolute Gasteiger partial charge is 0.243 e. The first-order valence-corrected chi connectivity index (χ1v) is 13.6. The van der Waals surface area contributed by atoms with Crippen LogP contribution in [0, 0.1) is 5.82 Å². The lowest BCUT2D eigenvalue weighted by Gasteiger charge is -2.32. The SMILES string of the molecule is COc1ccc(CC(=O)N(Cc2ccc(F)cc2)[C@@H](Cc2ccccc2)C(=O)NCCc2ccccc2)cc1OC. The molecule has 0 bridgehead atoms. The summed E-state index contributed by atoms with van der Waals surface area (Å²) in [4.78, 5) is 29.3. The van der Waals surface area contributed by atoms with Crippen LogP contribution in [0.5, 0.6) is 11.5 Å². The highest BCUT2D eigenvalue weighted by Gasteiger charge is 2.30. The van der Waals surface area contributed by atoms with Crippen LogP contribution in [0.15, 0.2) is 103 Å². The fraction of sp³-hybridized carbons (Fsp3) is 0.235. The number of halogens is 1. The van der Waals surface area contributed by atoms with Crippen LogP contribution in [-0.4, -0.2) is 43.5 Å². The summed E-state index contributed by atoms with van der Waals surface area (Å²) >= 11 is 0. The number of ether oxygens (including phenoxy) is 2. The molecule has 4 aromatic carbocycles. The Morgan fingerprint density at radius 2 is 1.37 bits per heavy atom. The van der Waals surface area contributed by atoms with Crippen molar-refractivity contribution in [1.29, 1.82) is 0 Å². The molecule has 4 aromatic rings. The van der Waals surface area contributed by atoms with Crippen LogP contribution in [-0.2, 0) is 35.4 Å². The minimum atomic E-state index is -0.786. The average Bonchev–Trinajstić information content (AvgIpc) is 3.00. The summed E-state index contributed by atoms with van der Waals surface area (Å²) in [7, 11) is 3.09. The summed E-state index contributed by atoms with van der Waals surface area (Å²) in [6.07, 6.45) is 1.04. The van der Waals surface area contributed by atoms with E-state index in [1.165, 1.54) is 12.1 Å². The molecule has 41 heavy (non-hydrogen) atoms. The molecule has 0 unspecified atom stereocenters. The topological polar surface area (TPSA) is 67.9 Å². The van der Waals surface area contributed by atoms with Gasteiger partial charge in [0.1, 0.15) is 11.9 Å².